The first kappa shape index (κ1) is 15.6. The number of rotatable bonds is 4. The number of carbonyl (C=O) groups is 1. The molecule has 4 heteroatoms. The van der Waals surface area contributed by atoms with E-state index in [-0.39, 0.29) is 6.09 Å². The van der Waals surface area contributed by atoms with Gasteiger partial charge in [0, 0.05) is 25.2 Å². The van der Waals surface area contributed by atoms with Crippen LogP contribution in [0, 0.1) is 5.92 Å². The lowest BCUT2D eigenvalue weighted by atomic mass is 10.1. The van der Waals surface area contributed by atoms with E-state index in [1.807, 2.05) is 25.7 Å². The summed E-state index contributed by atoms with van der Waals surface area (Å²) in [5.74, 6) is 0.872. The zero-order valence-electron chi connectivity index (χ0n) is 13.4. The molecule has 1 N–H and O–H groups in total. The Balaban J connectivity index is 1.76. The molecule has 1 amide bonds. The molecule has 3 atom stereocenters. The highest BCUT2D eigenvalue weighted by atomic mass is 16.6. The van der Waals surface area contributed by atoms with Gasteiger partial charge in [-0.3, -0.25) is 0 Å². The van der Waals surface area contributed by atoms with E-state index in [0.717, 1.165) is 25.4 Å². The first-order valence-corrected chi connectivity index (χ1v) is 8.13. The molecule has 20 heavy (non-hydrogen) atoms. The summed E-state index contributed by atoms with van der Waals surface area (Å²) in [6, 6.07) is 1.14. The molecule has 0 spiro atoms. The second-order valence-corrected chi connectivity index (χ2v) is 7.32. The molecule has 0 aromatic rings. The first-order valence-electron chi connectivity index (χ1n) is 8.13. The van der Waals surface area contributed by atoms with E-state index in [9.17, 15) is 4.79 Å². The molecule has 0 radical (unpaired) electrons. The largest absolute Gasteiger partial charge is 0.444 e. The number of hydrogen-bond acceptors (Lipinski definition) is 3. The standard InChI is InChI=1S/C16H30N2O2/c1-5-7-12-10-14(12)17-13-8-6-9-18(11-13)15(19)20-16(2,3)4/h12-14,17H,5-11H2,1-4H3. The fourth-order valence-corrected chi connectivity index (χ4v) is 3.05. The Kier molecular flexibility index (Phi) is 4.95. The maximum absolute atomic E-state index is 12.1. The van der Waals surface area contributed by atoms with Crippen LogP contribution < -0.4 is 5.32 Å². The minimum Gasteiger partial charge on any atom is -0.444 e. The molecule has 1 saturated carbocycles. The molecule has 2 aliphatic rings. The monoisotopic (exact) mass is 282 g/mol. The van der Waals surface area contributed by atoms with Crippen molar-refractivity contribution in [3.05, 3.63) is 0 Å². The first-order chi connectivity index (χ1) is 9.39. The van der Waals surface area contributed by atoms with Gasteiger partial charge in [-0.05, 0) is 52.4 Å². The molecular weight excluding hydrogens is 252 g/mol. The lowest BCUT2D eigenvalue weighted by molar-refractivity contribution is 0.0186. The number of piperidine rings is 1. The molecule has 4 nitrogen and oxygen atoms in total. The minimum absolute atomic E-state index is 0.162. The molecule has 1 saturated heterocycles. The molecule has 116 valence electrons. The molecule has 2 rings (SSSR count). The number of nitrogens with zero attached hydrogens (tertiary/aromatic N) is 1. The summed E-state index contributed by atoms with van der Waals surface area (Å²) in [6.45, 7) is 9.64. The van der Waals surface area contributed by atoms with Crippen molar-refractivity contribution in [2.24, 2.45) is 5.92 Å². The fourth-order valence-electron chi connectivity index (χ4n) is 3.05. The predicted octanol–water partition coefficient (Wildman–Crippen LogP) is 3.16. The van der Waals surface area contributed by atoms with Crippen LogP contribution in [0.5, 0.6) is 0 Å². The highest BCUT2D eigenvalue weighted by molar-refractivity contribution is 5.68. The van der Waals surface area contributed by atoms with Crippen molar-refractivity contribution in [3.8, 4) is 0 Å². The molecule has 2 fully saturated rings. The van der Waals surface area contributed by atoms with Gasteiger partial charge in [-0.2, -0.15) is 0 Å². The normalized spacial score (nSPS) is 30.2. The molecule has 1 aliphatic carbocycles. The molecule has 1 heterocycles. The summed E-state index contributed by atoms with van der Waals surface area (Å²) in [5.41, 5.74) is -0.403. The Bertz CT molecular complexity index is 338. The third-order valence-corrected chi connectivity index (χ3v) is 4.10. The van der Waals surface area contributed by atoms with E-state index in [1.165, 1.54) is 25.7 Å². The Labute approximate surface area is 123 Å². The minimum atomic E-state index is -0.403. The summed E-state index contributed by atoms with van der Waals surface area (Å²) in [7, 11) is 0. The van der Waals surface area contributed by atoms with Gasteiger partial charge in [0.1, 0.15) is 5.60 Å². The van der Waals surface area contributed by atoms with Crippen LogP contribution in [0.25, 0.3) is 0 Å². The Morgan fingerprint density at radius 2 is 2.15 bits per heavy atom. The highest BCUT2D eigenvalue weighted by Gasteiger charge is 2.38. The number of nitrogens with one attached hydrogen (secondary N) is 1. The molecule has 3 unspecified atom stereocenters. The topological polar surface area (TPSA) is 41.6 Å². The number of carbonyl (C=O) groups excluding carboxylic acids is 1. The van der Waals surface area contributed by atoms with Gasteiger partial charge in [0.2, 0.25) is 0 Å². The van der Waals surface area contributed by atoms with E-state index in [4.69, 9.17) is 4.74 Å². The second kappa shape index (κ2) is 6.33. The van der Waals surface area contributed by atoms with Crippen molar-refractivity contribution in [3.63, 3.8) is 0 Å². The van der Waals surface area contributed by atoms with Crippen molar-refractivity contribution in [2.75, 3.05) is 13.1 Å². The average molecular weight is 282 g/mol. The van der Waals surface area contributed by atoms with E-state index in [1.54, 1.807) is 0 Å². The zero-order valence-corrected chi connectivity index (χ0v) is 13.4. The van der Waals surface area contributed by atoms with E-state index in [2.05, 4.69) is 12.2 Å². The van der Waals surface area contributed by atoms with Gasteiger partial charge in [-0.15, -0.1) is 0 Å². The summed E-state index contributed by atoms with van der Waals surface area (Å²) in [4.78, 5) is 14.0. The maximum atomic E-state index is 12.1. The van der Waals surface area contributed by atoms with Crippen molar-refractivity contribution in [2.45, 2.75) is 77.5 Å². The Morgan fingerprint density at radius 1 is 1.40 bits per heavy atom. The van der Waals surface area contributed by atoms with Crippen LogP contribution >= 0.6 is 0 Å². The molecule has 0 aromatic heterocycles. The van der Waals surface area contributed by atoms with Gasteiger partial charge in [0.25, 0.3) is 0 Å². The van der Waals surface area contributed by atoms with E-state index < -0.39 is 5.60 Å². The number of likely N-dealkylation sites (tertiary alicyclic amines) is 1. The summed E-state index contributed by atoms with van der Waals surface area (Å²) < 4.78 is 5.47. The summed E-state index contributed by atoms with van der Waals surface area (Å²) in [6.07, 6.45) is 6.01. The van der Waals surface area contributed by atoms with Gasteiger partial charge in [-0.1, -0.05) is 13.3 Å². The fraction of sp³-hybridized carbons (Fsp3) is 0.938. The third kappa shape index (κ3) is 4.65. The van der Waals surface area contributed by atoms with Crippen molar-refractivity contribution in [1.82, 2.24) is 10.2 Å². The van der Waals surface area contributed by atoms with Crippen LogP contribution in [0.2, 0.25) is 0 Å². The SMILES string of the molecule is CCCC1CC1NC1CCCN(C(=O)OC(C)(C)C)C1. The van der Waals surface area contributed by atoms with Gasteiger partial charge >= 0.3 is 6.09 Å². The van der Waals surface area contributed by atoms with Crippen LogP contribution in [0.1, 0.15) is 59.8 Å². The van der Waals surface area contributed by atoms with Crippen LogP contribution in [0.4, 0.5) is 4.79 Å². The number of ether oxygens (including phenoxy) is 1. The van der Waals surface area contributed by atoms with Gasteiger partial charge in [-0.25, -0.2) is 4.79 Å². The average Bonchev–Trinajstić information content (AvgIpc) is 3.06. The van der Waals surface area contributed by atoms with E-state index >= 15 is 0 Å². The molecular formula is C16H30N2O2. The summed E-state index contributed by atoms with van der Waals surface area (Å²) >= 11 is 0. The van der Waals surface area contributed by atoms with Crippen molar-refractivity contribution in [1.29, 1.82) is 0 Å². The lowest BCUT2D eigenvalue weighted by Crippen LogP contribution is -2.50. The molecule has 1 aliphatic heterocycles. The van der Waals surface area contributed by atoms with Crippen LogP contribution in [-0.4, -0.2) is 41.8 Å². The van der Waals surface area contributed by atoms with Gasteiger partial charge < -0.3 is 15.0 Å². The molecule has 0 aromatic carbocycles. The summed E-state index contributed by atoms with van der Waals surface area (Å²) in [5, 5.41) is 3.73. The highest BCUT2D eigenvalue weighted by Crippen LogP contribution is 2.35. The third-order valence-electron chi connectivity index (χ3n) is 4.10. The molecule has 0 bridgehead atoms. The Morgan fingerprint density at radius 3 is 2.80 bits per heavy atom. The number of hydrogen-bond donors (Lipinski definition) is 1. The number of amides is 1. The quantitative estimate of drug-likeness (QED) is 0.861. The van der Waals surface area contributed by atoms with Crippen LogP contribution in [0.3, 0.4) is 0 Å². The van der Waals surface area contributed by atoms with Crippen molar-refractivity contribution < 1.29 is 9.53 Å². The predicted molar refractivity (Wildman–Crippen MR) is 80.8 cm³/mol. The zero-order chi connectivity index (χ0) is 14.8. The smallest absolute Gasteiger partial charge is 0.410 e. The lowest BCUT2D eigenvalue weighted by Gasteiger charge is -2.34. The van der Waals surface area contributed by atoms with Crippen LogP contribution in [-0.2, 0) is 4.74 Å². The van der Waals surface area contributed by atoms with Crippen molar-refractivity contribution >= 4 is 6.09 Å². The second-order valence-electron chi connectivity index (χ2n) is 7.32. The Hall–Kier alpha value is -0.770. The van der Waals surface area contributed by atoms with Gasteiger partial charge in [0.05, 0.1) is 0 Å². The van der Waals surface area contributed by atoms with Crippen LogP contribution in [0.15, 0.2) is 0 Å². The van der Waals surface area contributed by atoms with E-state index in [0.29, 0.717) is 12.1 Å². The maximum Gasteiger partial charge on any atom is 0.410 e. The van der Waals surface area contributed by atoms with Gasteiger partial charge in [0.15, 0.2) is 0 Å².